The minimum absolute atomic E-state index is 0.109. The van der Waals surface area contributed by atoms with Gasteiger partial charge in [0, 0.05) is 0 Å². The van der Waals surface area contributed by atoms with Crippen LogP contribution in [-0.2, 0) is 9.53 Å². The molecule has 2 amide bonds. The molecule has 1 atom stereocenters. The van der Waals surface area contributed by atoms with Gasteiger partial charge in [-0.1, -0.05) is 0 Å². The lowest BCUT2D eigenvalue weighted by Crippen LogP contribution is -2.62. The summed E-state index contributed by atoms with van der Waals surface area (Å²) in [6, 6.07) is -0.658. The minimum Gasteiger partial charge on any atom is -0.444 e. The molecule has 1 aliphatic heterocycles. The predicted molar refractivity (Wildman–Crippen MR) is 46.7 cm³/mol. The van der Waals surface area contributed by atoms with Crippen molar-refractivity contribution in [2.24, 2.45) is 0 Å². The number of ether oxygens (including phenoxy) is 1. The van der Waals surface area contributed by atoms with Gasteiger partial charge in [0.05, 0.1) is 6.54 Å². The zero-order valence-electron chi connectivity index (χ0n) is 8.40. The molecule has 0 spiro atoms. The van der Waals surface area contributed by atoms with E-state index in [4.69, 9.17) is 9.94 Å². The molecule has 1 heterocycles. The highest BCUT2D eigenvalue weighted by Gasteiger charge is 2.37. The molecule has 0 aromatic rings. The molecule has 6 heteroatoms. The molecule has 2 N–H and O–H groups in total. The van der Waals surface area contributed by atoms with Crippen molar-refractivity contribution in [3.05, 3.63) is 0 Å². The third kappa shape index (κ3) is 2.59. The summed E-state index contributed by atoms with van der Waals surface area (Å²) in [5, 5.41) is 11.6. The number of carbonyl (C=O) groups excluding carboxylic acids is 2. The van der Waals surface area contributed by atoms with Gasteiger partial charge in [-0.2, -0.15) is 0 Å². The fourth-order valence-electron chi connectivity index (χ4n) is 0.966. The van der Waals surface area contributed by atoms with Gasteiger partial charge in [-0.05, 0) is 20.8 Å². The Morgan fingerprint density at radius 1 is 1.64 bits per heavy atom. The van der Waals surface area contributed by atoms with Crippen molar-refractivity contribution < 1.29 is 19.5 Å². The molecule has 6 nitrogen and oxygen atoms in total. The molecule has 1 aliphatic rings. The summed E-state index contributed by atoms with van der Waals surface area (Å²) in [5.74, 6) is -0.518. The molecule has 0 radical (unpaired) electrons. The summed E-state index contributed by atoms with van der Waals surface area (Å²) in [6.45, 7) is 5.30. The van der Waals surface area contributed by atoms with Crippen LogP contribution < -0.4 is 5.32 Å². The summed E-state index contributed by atoms with van der Waals surface area (Å²) in [4.78, 5) is 22.0. The number of rotatable bonds is 1. The molecule has 1 fully saturated rings. The quantitative estimate of drug-likeness (QED) is 0.467. The second-order valence-electron chi connectivity index (χ2n) is 4.12. The molecule has 14 heavy (non-hydrogen) atoms. The summed E-state index contributed by atoms with van der Waals surface area (Å²) >= 11 is 0. The summed E-state index contributed by atoms with van der Waals surface area (Å²) in [7, 11) is 0. The second kappa shape index (κ2) is 3.45. The Hall–Kier alpha value is -1.30. The predicted octanol–water partition coefficient (Wildman–Crippen LogP) is 0.111. The van der Waals surface area contributed by atoms with E-state index in [0.29, 0.717) is 5.06 Å². The minimum atomic E-state index is -0.658. The fraction of sp³-hybridized carbons (Fsp3) is 0.750. The monoisotopic (exact) mass is 202 g/mol. The van der Waals surface area contributed by atoms with Gasteiger partial charge in [0.15, 0.2) is 0 Å². The maximum atomic E-state index is 11.1. The number of hydrogen-bond acceptors (Lipinski definition) is 4. The van der Waals surface area contributed by atoms with E-state index in [1.54, 1.807) is 20.8 Å². The first-order valence-electron chi connectivity index (χ1n) is 4.29. The SMILES string of the molecule is CC(C)(C)OC(=O)N[C@@H]1CN(O)C1=O. The zero-order chi connectivity index (χ0) is 10.9. The van der Waals surface area contributed by atoms with Crippen LogP contribution in [0.1, 0.15) is 20.8 Å². The highest BCUT2D eigenvalue weighted by molar-refractivity contribution is 5.89. The van der Waals surface area contributed by atoms with E-state index in [0.717, 1.165) is 0 Å². The van der Waals surface area contributed by atoms with Crippen molar-refractivity contribution >= 4 is 12.0 Å². The lowest BCUT2D eigenvalue weighted by molar-refractivity contribution is -0.190. The fourth-order valence-corrected chi connectivity index (χ4v) is 0.966. The van der Waals surface area contributed by atoms with Crippen LogP contribution in [0.5, 0.6) is 0 Å². The van der Waals surface area contributed by atoms with Gasteiger partial charge >= 0.3 is 6.09 Å². The number of hydrogen-bond donors (Lipinski definition) is 2. The molecule has 1 saturated heterocycles. The lowest BCUT2D eigenvalue weighted by Gasteiger charge is -2.33. The number of carbonyl (C=O) groups is 2. The van der Waals surface area contributed by atoms with E-state index < -0.39 is 23.6 Å². The van der Waals surface area contributed by atoms with Crippen LogP contribution in [0.15, 0.2) is 0 Å². The standard InChI is InChI=1S/C8H14N2O4/c1-8(2,3)14-7(12)9-5-4-10(13)6(5)11/h5,13H,4H2,1-3H3,(H,9,12)/t5-/m1/s1. The average Bonchev–Trinajstić information content (AvgIpc) is 2.00. The van der Waals surface area contributed by atoms with Crippen molar-refractivity contribution in [3.8, 4) is 0 Å². The van der Waals surface area contributed by atoms with Crippen molar-refractivity contribution in [3.63, 3.8) is 0 Å². The topological polar surface area (TPSA) is 78.9 Å². The van der Waals surface area contributed by atoms with Crippen LogP contribution in [0.3, 0.4) is 0 Å². The maximum Gasteiger partial charge on any atom is 0.408 e. The number of amides is 2. The van der Waals surface area contributed by atoms with Crippen LogP contribution in [0, 0.1) is 0 Å². The normalized spacial score (nSPS) is 21.6. The van der Waals surface area contributed by atoms with Crippen LogP contribution in [0.25, 0.3) is 0 Å². The Kier molecular flexibility index (Phi) is 2.66. The molecule has 1 rings (SSSR count). The van der Waals surface area contributed by atoms with Crippen LogP contribution in [-0.4, -0.2) is 40.5 Å². The number of alkyl carbamates (subject to hydrolysis) is 1. The van der Waals surface area contributed by atoms with E-state index in [-0.39, 0.29) is 6.54 Å². The van der Waals surface area contributed by atoms with E-state index in [9.17, 15) is 9.59 Å². The van der Waals surface area contributed by atoms with Crippen molar-refractivity contribution in [2.45, 2.75) is 32.4 Å². The van der Waals surface area contributed by atoms with Crippen LogP contribution >= 0.6 is 0 Å². The Balaban J connectivity index is 2.32. The van der Waals surface area contributed by atoms with Gasteiger partial charge in [-0.3, -0.25) is 10.0 Å². The van der Waals surface area contributed by atoms with Crippen LogP contribution in [0.4, 0.5) is 4.79 Å². The highest BCUT2D eigenvalue weighted by Crippen LogP contribution is 2.10. The molecule has 0 aromatic heterocycles. The number of nitrogens with zero attached hydrogens (tertiary/aromatic N) is 1. The molecule has 0 saturated carbocycles. The Morgan fingerprint density at radius 3 is 2.57 bits per heavy atom. The summed E-state index contributed by atoms with van der Waals surface area (Å²) in [6.07, 6.45) is -0.649. The summed E-state index contributed by atoms with van der Waals surface area (Å²) < 4.78 is 4.93. The van der Waals surface area contributed by atoms with Crippen molar-refractivity contribution in [1.82, 2.24) is 10.4 Å². The molecular weight excluding hydrogens is 188 g/mol. The van der Waals surface area contributed by atoms with Gasteiger partial charge in [0.2, 0.25) is 0 Å². The molecule has 0 aromatic carbocycles. The summed E-state index contributed by atoms with van der Waals surface area (Å²) in [5.41, 5.74) is -0.588. The first-order chi connectivity index (χ1) is 6.29. The maximum absolute atomic E-state index is 11.1. The van der Waals surface area contributed by atoms with Gasteiger partial charge in [-0.15, -0.1) is 0 Å². The van der Waals surface area contributed by atoms with E-state index in [2.05, 4.69) is 5.32 Å². The molecule has 80 valence electrons. The van der Waals surface area contributed by atoms with Gasteiger partial charge in [-0.25, -0.2) is 9.86 Å². The van der Waals surface area contributed by atoms with E-state index >= 15 is 0 Å². The third-order valence-corrected chi connectivity index (χ3v) is 1.60. The smallest absolute Gasteiger partial charge is 0.408 e. The van der Waals surface area contributed by atoms with Gasteiger partial charge in [0.1, 0.15) is 11.6 Å². The highest BCUT2D eigenvalue weighted by atomic mass is 16.6. The molecule has 0 bridgehead atoms. The van der Waals surface area contributed by atoms with E-state index in [1.165, 1.54) is 0 Å². The molecular formula is C8H14N2O4. The van der Waals surface area contributed by atoms with E-state index in [1.807, 2.05) is 0 Å². The number of hydroxylamine groups is 2. The molecule has 0 aliphatic carbocycles. The lowest BCUT2D eigenvalue weighted by atomic mass is 10.1. The first kappa shape index (κ1) is 10.8. The Labute approximate surface area is 81.8 Å². The number of nitrogens with one attached hydrogen (secondary N) is 1. The Bertz CT molecular complexity index is 259. The third-order valence-electron chi connectivity index (χ3n) is 1.60. The Morgan fingerprint density at radius 2 is 2.21 bits per heavy atom. The average molecular weight is 202 g/mol. The van der Waals surface area contributed by atoms with Crippen molar-refractivity contribution in [2.75, 3.05) is 6.54 Å². The van der Waals surface area contributed by atoms with Gasteiger partial charge in [0.25, 0.3) is 5.91 Å². The van der Waals surface area contributed by atoms with Crippen molar-refractivity contribution in [1.29, 1.82) is 0 Å². The number of β-lactam (4-membered cyclic amide) rings is 1. The second-order valence-corrected chi connectivity index (χ2v) is 4.12. The zero-order valence-corrected chi connectivity index (χ0v) is 8.40. The largest absolute Gasteiger partial charge is 0.444 e. The van der Waals surface area contributed by atoms with Gasteiger partial charge < -0.3 is 10.1 Å². The van der Waals surface area contributed by atoms with Crippen LogP contribution in [0.2, 0.25) is 0 Å². The first-order valence-corrected chi connectivity index (χ1v) is 4.29. The molecule has 0 unspecified atom stereocenters.